The van der Waals surface area contributed by atoms with Crippen molar-refractivity contribution in [3.63, 3.8) is 0 Å². The Morgan fingerprint density at radius 1 is 1.22 bits per heavy atom. The van der Waals surface area contributed by atoms with Crippen LogP contribution in [-0.4, -0.2) is 17.0 Å². The molecule has 18 heavy (non-hydrogen) atoms. The highest BCUT2D eigenvalue weighted by atomic mass is 14.9. The monoisotopic (exact) mass is 249 g/mol. The number of nitrogens with one attached hydrogen (secondary N) is 1. The van der Waals surface area contributed by atoms with Crippen molar-refractivity contribution in [2.75, 3.05) is 7.05 Å². The first-order valence-corrected chi connectivity index (χ1v) is 7.17. The second-order valence-electron chi connectivity index (χ2n) is 5.08. The maximum absolute atomic E-state index is 4.49. The smallest absolute Gasteiger partial charge is 0.0756 e. The molecule has 3 nitrogen and oxygen atoms in total. The number of aryl methyl sites for hydroxylation is 1. The lowest BCUT2D eigenvalue weighted by atomic mass is 9.91. The van der Waals surface area contributed by atoms with Gasteiger partial charge in [0.15, 0.2) is 0 Å². The van der Waals surface area contributed by atoms with Crippen LogP contribution in [0.3, 0.4) is 0 Å². The summed E-state index contributed by atoms with van der Waals surface area (Å²) < 4.78 is 0. The van der Waals surface area contributed by atoms with Gasteiger partial charge < -0.3 is 5.32 Å². The van der Waals surface area contributed by atoms with Gasteiger partial charge in [-0.15, -0.1) is 0 Å². The number of hydrogen-bond acceptors (Lipinski definition) is 3. The first kappa shape index (κ1) is 15.1. The van der Waals surface area contributed by atoms with E-state index in [4.69, 9.17) is 0 Å². The van der Waals surface area contributed by atoms with Gasteiger partial charge in [-0.25, -0.2) is 0 Å². The van der Waals surface area contributed by atoms with E-state index in [1.54, 1.807) is 0 Å². The van der Waals surface area contributed by atoms with Crippen molar-refractivity contribution in [3.8, 4) is 0 Å². The van der Waals surface area contributed by atoms with Gasteiger partial charge in [0, 0.05) is 6.20 Å². The number of aromatic nitrogens is 2. The molecule has 1 aromatic heterocycles. The van der Waals surface area contributed by atoms with Crippen LogP contribution >= 0.6 is 0 Å². The average Bonchev–Trinajstić information content (AvgIpc) is 2.40. The van der Waals surface area contributed by atoms with Crippen LogP contribution in [0.4, 0.5) is 0 Å². The Bertz CT molecular complexity index is 321. The molecule has 0 saturated heterocycles. The minimum atomic E-state index is 0.333. The number of rotatable bonds is 8. The molecule has 1 heterocycles. The quantitative estimate of drug-likeness (QED) is 0.764. The number of hydrogen-bond donors (Lipinski definition) is 1. The number of nitrogens with zero attached hydrogens (tertiary/aromatic N) is 2. The predicted octanol–water partition coefficient (Wildman–Crippen LogP) is 3.65. The van der Waals surface area contributed by atoms with Gasteiger partial charge in [0.05, 0.1) is 23.6 Å². The van der Waals surface area contributed by atoms with Crippen molar-refractivity contribution < 1.29 is 0 Å². The molecular formula is C15H27N3. The van der Waals surface area contributed by atoms with E-state index in [2.05, 4.69) is 29.1 Å². The van der Waals surface area contributed by atoms with E-state index in [0.717, 1.165) is 23.7 Å². The maximum atomic E-state index is 4.49. The first-order valence-electron chi connectivity index (χ1n) is 7.17. The Morgan fingerprint density at radius 2 is 2.00 bits per heavy atom. The SMILES string of the molecule is CCCCC(CC)CC(NC)c1cnc(C)cn1. The minimum Gasteiger partial charge on any atom is -0.312 e. The second-order valence-corrected chi connectivity index (χ2v) is 5.08. The number of unbranched alkanes of at least 4 members (excludes halogenated alkanes) is 1. The highest BCUT2D eigenvalue weighted by Crippen LogP contribution is 2.25. The predicted molar refractivity (Wildman–Crippen MR) is 76.5 cm³/mol. The Kier molecular flexibility index (Phi) is 6.88. The van der Waals surface area contributed by atoms with Crippen LogP contribution in [0.25, 0.3) is 0 Å². The third-order valence-corrected chi connectivity index (χ3v) is 3.62. The molecule has 0 bridgehead atoms. The van der Waals surface area contributed by atoms with Crippen LogP contribution in [-0.2, 0) is 0 Å². The topological polar surface area (TPSA) is 37.8 Å². The van der Waals surface area contributed by atoms with Crippen molar-refractivity contribution in [2.24, 2.45) is 5.92 Å². The van der Waals surface area contributed by atoms with Gasteiger partial charge in [0.25, 0.3) is 0 Å². The van der Waals surface area contributed by atoms with E-state index in [-0.39, 0.29) is 0 Å². The molecule has 102 valence electrons. The van der Waals surface area contributed by atoms with Crippen LogP contribution < -0.4 is 5.32 Å². The third-order valence-electron chi connectivity index (χ3n) is 3.62. The average molecular weight is 249 g/mol. The van der Waals surface area contributed by atoms with Crippen molar-refractivity contribution in [3.05, 3.63) is 23.8 Å². The summed E-state index contributed by atoms with van der Waals surface area (Å²) in [5.74, 6) is 0.783. The fourth-order valence-corrected chi connectivity index (χ4v) is 2.28. The Hall–Kier alpha value is -0.960. The van der Waals surface area contributed by atoms with Gasteiger partial charge in [0.1, 0.15) is 0 Å². The van der Waals surface area contributed by atoms with E-state index >= 15 is 0 Å². The molecule has 2 atom stereocenters. The summed E-state index contributed by atoms with van der Waals surface area (Å²) in [4.78, 5) is 8.83. The molecule has 0 saturated carbocycles. The molecule has 0 aliphatic heterocycles. The molecule has 3 heteroatoms. The van der Waals surface area contributed by atoms with Crippen LogP contribution in [0.2, 0.25) is 0 Å². The summed E-state index contributed by atoms with van der Waals surface area (Å²) in [5, 5.41) is 3.38. The maximum Gasteiger partial charge on any atom is 0.0756 e. The minimum absolute atomic E-state index is 0.333. The van der Waals surface area contributed by atoms with E-state index in [9.17, 15) is 0 Å². The van der Waals surface area contributed by atoms with Gasteiger partial charge in [-0.1, -0.05) is 39.5 Å². The summed E-state index contributed by atoms with van der Waals surface area (Å²) in [5.41, 5.74) is 2.05. The lowest BCUT2D eigenvalue weighted by Crippen LogP contribution is -2.21. The zero-order chi connectivity index (χ0) is 13.4. The van der Waals surface area contributed by atoms with Crippen molar-refractivity contribution in [2.45, 2.75) is 58.9 Å². The zero-order valence-corrected chi connectivity index (χ0v) is 12.2. The summed E-state index contributed by atoms with van der Waals surface area (Å²) in [6.07, 6.45) is 10.1. The lowest BCUT2D eigenvalue weighted by molar-refractivity contribution is 0.360. The molecule has 0 aliphatic rings. The van der Waals surface area contributed by atoms with E-state index < -0.39 is 0 Å². The molecule has 0 amide bonds. The van der Waals surface area contributed by atoms with Gasteiger partial charge in [-0.2, -0.15) is 0 Å². The first-order chi connectivity index (χ1) is 8.71. The van der Waals surface area contributed by atoms with Crippen LogP contribution in [0.1, 0.15) is 63.4 Å². The fourth-order valence-electron chi connectivity index (χ4n) is 2.28. The van der Waals surface area contributed by atoms with Crippen molar-refractivity contribution >= 4 is 0 Å². The third kappa shape index (κ3) is 4.73. The molecule has 0 fully saturated rings. The molecule has 0 radical (unpaired) electrons. The Labute approximate surface area is 111 Å². The Balaban J connectivity index is 2.62. The molecule has 1 aromatic rings. The standard InChI is InChI=1S/C15H27N3/c1-5-7-8-13(6-2)9-14(16-4)15-11-17-12(3)10-18-15/h10-11,13-14,16H,5-9H2,1-4H3. The van der Waals surface area contributed by atoms with Gasteiger partial charge in [-0.05, 0) is 26.3 Å². The van der Waals surface area contributed by atoms with Crippen molar-refractivity contribution in [1.82, 2.24) is 15.3 Å². The van der Waals surface area contributed by atoms with E-state index in [1.165, 1.54) is 25.7 Å². The van der Waals surface area contributed by atoms with Crippen LogP contribution in [0.15, 0.2) is 12.4 Å². The molecule has 0 aromatic carbocycles. The fraction of sp³-hybridized carbons (Fsp3) is 0.733. The van der Waals surface area contributed by atoms with Crippen LogP contribution in [0, 0.1) is 12.8 Å². The Morgan fingerprint density at radius 3 is 2.50 bits per heavy atom. The van der Waals surface area contributed by atoms with Gasteiger partial charge in [-0.3, -0.25) is 9.97 Å². The molecular weight excluding hydrogens is 222 g/mol. The molecule has 1 rings (SSSR count). The van der Waals surface area contributed by atoms with Crippen molar-refractivity contribution in [1.29, 1.82) is 0 Å². The molecule has 2 unspecified atom stereocenters. The summed E-state index contributed by atoms with van der Waals surface area (Å²) >= 11 is 0. The summed E-state index contributed by atoms with van der Waals surface area (Å²) in [7, 11) is 2.01. The van der Waals surface area contributed by atoms with Gasteiger partial charge in [0.2, 0.25) is 0 Å². The largest absolute Gasteiger partial charge is 0.312 e. The molecule has 0 aliphatic carbocycles. The second kappa shape index (κ2) is 8.20. The molecule has 0 spiro atoms. The summed E-state index contributed by atoms with van der Waals surface area (Å²) in [6.45, 7) is 6.52. The highest BCUT2D eigenvalue weighted by Gasteiger charge is 2.16. The summed E-state index contributed by atoms with van der Waals surface area (Å²) in [6, 6.07) is 0.333. The molecule has 1 N–H and O–H groups in total. The van der Waals surface area contributed by atoms with Crippen LogP contribution in [0.5, 0.6) is 0 Å². The van der Waals surface area contributed by atoms with E-state index in [1.807, 2.05) is 26.4 Å². The van der Waals surface area contributed by atoms with E-state index in [0.29, 0.717) is 6.04 Å². The lowest BCUT2D eigenvalue weighted by Gasteiger charge is -2.21. The van der Waals surface area contributed by atoms with Gasteiger partial charge >= 0.3 is 0 Å². The zero-order valence-electron chi connectivity index (χ0n) is 12.2. The highest BCUT2D eigenvalue weighted by molar-refractivity contribution is 5.05. The normalized spacial score (nSPS) is 14.4.